The number of aromatic nitrogens is 1. The molecule has 1 aliphatic rings. The van der Waals surface area contributed by atoms with Gasteiger partial charge < -0.3 is 4.90 Å². The summed E-state index contributed by atoms with van der Waals surface area (Å²) in [5.74, 6) is 0.463. The van der Waals surface area contributed by atoms with E-state index in [-0.39, 0.29) is 5.91 Å². The number of anilines is 1. The first kappa shape index (κ1) is 14.3. The van der Waals surface area contributed by atoms with Gasteiger partial charge in [0.05, 0.1) is 5.56 Å². The number of nitriles is 1. The molecule has 0 spiro atoms. The van der Waals surface area contributed by atoms with Gasteiger partial charge in [-0.05, 0) is 43.0 Å². The lowest BCUT2D eigenvalue weighted by atomic mass is 9.85. The summed E-state index contributed by atoms with van der Waals surface area (Å²) in [4.78, 5) is 18.7. The minimum Gasteiger partial charge on any atom is -0.307 e. The van der Waals surface area contributed by atoms with Crippen molar-refractivity contribution in [1.82, 2.24) is 4.98 Å². The molecule has 4 nitrogen and oxygen atoms in total. The zero-order valence-electron chi connectivity index (χ0n) is 12.3. The molecule has 0 bridgehead atoms. The van der Waals surface area contributed by atoms with Gasteiger partial charge in [0.1, 0.15) is 11.8 Å². The maximum atomic E-state index is 12.8. The van der Waals surface area contributed by atoms with Crippen molar-refractivity contribution in [2.75, 3.05) is 11.4 Å². The van der Waals surface area contributed by atoms with Crippen molar-refractivity contribution in [2.24, 2.45) is 5.92 Å². The van der Waals surface area contributed by atoms with Crippen LogP contribution < -0.4 is 4.90 Å². The average molecular weight is 291 g/mol. The molecule has 0 N–H and O–H groups in total. The molecular formula is C18H17N3O. The van der Waals surface area contributed by atoms with Gasteiger partial charge >= 0.3 is 0 Å². The first-order chi connectivity index (χ1) is 10.8. The van der Waals surface area contributed by atoms with Gasteiger partial charge in [0, 0.05) is 18.4 Å². The third kappa shape index (κ3) is 2.99. The van der Waals surface area contributed by atoms with E-state index in [0.29, 0.717) is 17.2 Å². The molecule has 1 aliphatic carbocycles. The molecule has 0 aliphatic heterocycles. The molecule has 1 heterocycles. The van der Waals surface area contributed by atoms with Crippen LogP contribution >= 0.6 is 0 Å². The summed E-state index contributed by atoms with van der Waals surface area (Å²) in [6.07, 6.45) is 5.05. The van der Waals surface area contributed by atoms with Crippen molar-refractivity contribution >= 4 is 11.6 Å². The Labute approximate surface area is 130 Å². The largest absolute Gasteiger partial charge is 0.307 e. The van der Waals surface area contributed by atoms with Crippen LogP contribution in [0.2, 0.25) is 0 Å². The topological polar surface area (TPSA) is 57.0 Å². The number of rotatable bonds is 4. The smallest absolute Gasteiger partial charge is 0.276 e. The predicted octanol–water partition coefficient (Wildman–Crippen LogP) is 3.40. The van der Waals surface area contributed by atoms with E-state index < -0.39 is 0 Å². The van der Waals surface area contributed by atoms with Crippen molar-refractivity contribution in [1.29, 1.82) is 5.26 Å². The van der Waals surface area contributed by atoms with Gasteiger partial charge in [0.2, 0.25) is 0 Å². The quantitative estimate of drug-likeness (QED) is 0.867. The Balaban J connectivity index is 1.86. The number of hydrogen-bond donors (Lipinski definition) is 0. The second-order valence-electron chi connectivity index (χ2n) is 5.59. The lowest BCUT2D eigenvalue weighted by Gasteiger charge is -2.32. The number of nitrogens with zero attached hydrogens (tertiary/aromatic N) is 3. The van der Waals surface area contributed by atoms with Crippen molar-refractivity contribution in [3.8, 4) is 6.07 Å². The molecule has 1 saturated carbocycles. The Bertz CT molecular complexity index is 685. The van der Waals surface area contributed by atoms with Gasteiger partial charge in [-0.1, -0.05) is 24.6 Å². The molecule has 1 aromatic carbocycles. The second kappa shape index (κ2) is 6.40. The van der Waals surface area contributed by atoms with E-state index in [4.69, 9.17) is 5.26 Å². The first-order valence-electron chi connectivity index (χ1n) is 7.51. The minimum absolute atomic E-state index is 0.109. The van der Waals surface area contributed by atoms with E-state index in [0.717, 1.165) is 12.2 Å². The minimum atomic E-state index is -0.109. The van der Waals surface area contributed by atoms with Gasteiger partial charge in [0.25, 0.3) is 5.91 Å². The van der Waals surface area contributed by atoms with E-state index in [9.17, 15) is 4.79 Å². The Morgan fingerprint density at radius 1 is 1.23 bits per heavy atom. The number of amides is 1. The fourth-order valence-corrected chi connectivity index (χ4v) is 2.57. The summed E-state index contributed by atoms with van der Waals surface area (Å²) < 4.78 is 0. The number of carbonyl (C=O) groups is 1. The number of pyridine rings is 1. The molecule has 0 unspecified atom stereocenters. The highest BCUT2D eigenvalue weighted by atomic mass is 16.2. The number of benzene rings is 1. The van der Waals surface area contributed by atoms with Crippen molar-refractivity contribution in [3.63, 3.8) is 0 Å². The Morgan fingerprint density at radius 2 is 2.00 bits per heavy atom. The molecule has 1 fully saturated rings. The highest BCUT2D eigenvalue weighted by molar-refractivity contribution is 6.04. The fourth-order valence-electron chi connectivity index (χ4n) is 2.57. The summed E-state index contributed by atoms with van der Waals surface area (Å²) in [5, 5.41) is 8.83. The van der Waals surface area contributed by atoms with Crippen molar-refractivity contribution in [2.45, 2.75) is 19.3 Å². The molecular weight excluding hydrogens is 274 g/mol. The van der Waals surface area contributed by atoms with Crippen LogP contribution in [0.15, 0.2) is 48.7 Å². The second-order valence-corrected chi connectivity index (χ2v) is 5.59. The standard InChI is InChI=1S/C18H17N3O/c19-11-15-9-10-17(20-12-15)18(22)21(13-14-5-4-6-14)16-7-2-1-3-8-16/h1-3,7-10,12,14H,4-6,13H2. The van der Waals surface area contributed by atoms with Crippen LogP contribution in [0.4, 0.5) is 5.69 Å². The highest BCUT2D eigenvalue weighted by Gasteiger charge is 2.26. The van der Waals surface area contributed by atoms with Crippen molar-refractivity contribution in [3.05, 3.63) is 59.9 Å². The van der Waals surface area contributed by atoms with Crippen molar-refractivity contribution < 1.29 is 4.79 Å². The molecule has 1 aromatic heterocycles. The Morgan fingerprint density at radius 3 is 2.55 bits per heavy atom. The van der Waals surface area contributed by atoms with E-state index in [2.05, 4.69) is 4.98 Å². The third-order valence-corrected chi connectivity index (χ3v) is 4.09. The van der Waals surface area contributed by atoms with Crippen LogP contribution in [0, 0.1) is 17.2 Å². The van der Waals surface area contributed by atoms with Crippen LogP contribution in [0.1, 0.15) is 35.3 Å². The summed E-state index contributed by atoms with van der Waals surface area (Å²) in [6, 6.07) is 15.0. The molecule has 3 rings (SSSR count). The molecule has 110 valence electrons. The van der Waals surface area contributed by atoms with Crippen LogP contribution in [0.5, 0.6) is 0 Å². The third-order valence-electron chi connectivity index (χ3n) is 4.09. The molecule has 0 atom stereocenters. The SMILES string of the molecule is N#Cc1ccc(C(=O)N(CC2CCC2)c2ccccc2)nc1. The van der Waals surface area contributed by atoms with Crippen LogP contribution in [-0.4, -0.2) is 17.4 Å². The maximum Gasteiger partial charge on any atom is 0.276 e. The predicted molar refractivity (Wildman–Crippen MR) is 84.4 cm³/mol. The highest BCUT2D eigenvalue weighted by Crippen LogP contribution is 2.29. The molecule has 22 heavy (non-hydrogen) atoms. The van der Waals surface area contributed by atoms with E-state index in [1.54, 1.807) is 17.0 Å². The van der Waals surface area contributed by atoms with Gasteiger partial charge in [-0.2, -0.15) is 5.26 Å². The number of carbonyl (C=O) groups excluding carboxylic acids is 1. The summed E-state index contributed by atoms with van der Waals surface area (Å²) in [5.41, 5.74) is 1.73. The van der Waals surface area contributed by atoms with Gasteiger partial charge in [0.15, 0.2) is 0 Å². The summed E-state index contributed by atoms with van der Waals surface area (Å²) >= 11 is 0. The lowest BCUT2D eigenvalue weighted by molar-refractivity contribution is 0.0972. The monoisotopic (exact) mass is 291 g/mol. The molecule has 0 saturated heterocycles. The normalized spacial score (nSPS) is 14.0. The van der Waals surface area contributed by atoms with Crippen LogP contribution in [-0.2, 0) is 0 Å². The Kier molecular flexibility index (Phi) is 4.15. The van der Waals surface area contributed by atoms with Crippen LogP contribution in [0.3, 0.4) is 0 Å². The molecule has 2 aromatic rings. The van der Waals surface area contributed by atoms with E-state index >= 15 is 0 Å². The van der Waals surface area contributed by atoms with E-state index in [1.165, 1.54) is 25.5 Å². The van der Waals surface area contributed by atoms with Gasteiger partial charge in [-0.15, -0.1) is 0 Å². The first-order valence-corrected chi connectivity index (χ1v) is 7.51. The molecule has 1 amide bonds. The number of hydrogen-bond acceptors (Lipinski definition) is 3. The molecule has 0 radical (unpaired) electrons. The number of para-hydroxylation sites is 1. The average Bonchev–Trinajstić information content (AvgIpc) is 2.54. The Hall–Kier alpha value is -2.67. The van der Waals surface area contributed by atoms with Crippen LogP contribution in [0.25, 0.3) is 0 Å². The lowest BCUT2D eigenvalue weighted by Crippen LogP contribution is -2.37. The van der Waals surface area contributed by atoms with Gasteiger partial charge in [-0.3, -0.25) is 4.79 Å². The molecule has 4 heteroatoms. The fraction of sp³-hybridized carbons (Fsp3) is 0.278. The zero-order valence-corrected chi connectivity index (χ0v) is 12.3. The summed E-state index contributed by atoms with van der Waals surface area (Å²) in [6.45, 7) is 0.727. The summed E-state index contributed by atoms with van der Waals surface area (Å²) in [7, 11) is 0. The zero-order chi connectivity index (χ0) is 15.4. The van der Waals surface area contributed by atoms with Gasteiger partial charge in [-0.25, -0.2) is 4.98 Å². The maximum absolute atomic E-state index is 12.8. The van der Waals surface area contributed by atoms with E-state index in [1.807, 2.05) is 36.4 Å².